The van der Waals surface area contributed by atoms with Crippen LogP contribution in [-0.4, -0.2) is 106 Å². The van der Waals surface area contributed by atoms with Crippen molar-refractivity contribution in [2.45, 2.75) is 82.9 Å². The highest BCUT2D eigenvalue weighted by molar-refractivity contribution is 5.96. The van der Waals surface area contributed by atoms with Crippen molar-refractivity contribution in [2.24, 2.45) is 10.9 Å². The molecule has 2 saturated heterocycles. The van der Waals surface area contributed by atoms with Gasteiger partial charge < -0.3 is 29.3 Å². The standard InChI is InChI=1S/C25H42N6O4.C2H6O/c1-4-34-24(33)28-23(31-14-15-35-19(2)17-31)27-21(16-20-8-6-5-7-9-20)22(32)29-25(18-26)10-12-30(3)13-11-25;1-3-2/h19-21H,4-17H2,1-3H3,(H,29,32)(H,27,28,33);1-2H3. The van der Waals surface area contributed by atoms with Crippen molar-refractivity contribution < 1.29 is 23.8 Å². The molecule has 1 aliphatic carbocycles. The molecule has 3 fully saturated rings. The van der Waals surface area contributed by atoms with E-state index in [1.165, 1.54) is 6.42 Å². The number of nitrogens with one attached hydrogen (secondary N) is 2. The number of piperidine rings is 1. The van der Waals surface area contributed by atoms with Crippen molar-refractivity contribution in [1.82, 2.24) is 20.4 Å². The number of rotatable bonds is 6. The number of morpholine rings is 1. The number of hydrogen-bond acceptors (Lipinski definition) is 8. The number of carbonyl (C=O) groups is 2. The van der Waals surface area contributed by atoms with Crippen molar-refractivity contribution >= 4 is 18.0 Å². The predicted molar refractivity (Wildman–Crippen MR) is 146 cm³/mol. The van der Waals surface area contributed by atoms with E-state index in [9.17, 15) is 14.9 Å². The van der Waals surface area contributed by atoms with Gasteiger partial charge in [-0.05, 0) is 46.1 Å². The van der Waals surface area contributed by atoms with Crippen LogP contribution in [0.25, 0.3) is 0 Å². The summed E-state index contributed by atoms with van der Waals surface area (Å²) in [6, 6.07) is 1.68. The molecular weight excluding hydrogens is 488 g/mol. The first-order valence-electron chi connectivity index (χ1n) is 14.0. The summed E-state index contributed by atoms with van der Waals surface area (Å²) in [5.41, 5.74) is -0.883. The van der Waals surface area contributed by atoms with Gasteiger partial charge in [0.1, 0.15) is 11.6 Å². The first-order chi connectivity index (χ1) is 18.3. The number of ether oxygens (including phenoxy) is 3. The minimum absolute atomic E-state index is 0.0235. The van der Waals surface area contributed by atoms with Crippen LogP contribution >= 0.6 is 0 Å². The highest BCUT2D eigenvalue weighted by Crippen LogP contribution is 2.29. The van der Waals surface area contributed by atoms with Gasteiger partial charge in [-0.1, -0.05) is 32.1 Å². The van der Waals surface area contributed by atoms with Gasteiger partial charge in [-0.3, -0.25) is 10.1 Å². The van der Waals surface area contributed by atoms with E-state index in [1.807, 2.05) is 18.9 Å². The highest BCUT2D eigenvalue weighted by Gasteiger charge is 2.38. The molecule has 38 heavy (non-hydrogen) atoms. The summed E-state index contributed by atoms with van der Waals surface area (Å²) in [4.78, 5) is 35.0. The SMILES string of the molecule is CCOC(=O)NC(=NC(CC1CCCCC1)C(=O)NC1(C#N)CCN(C)CC1)N1CCOC(C)C1.COC. The second-order valence-electron chi connectivity index (χ2n) is 10.6. The summed E-state index contributed by atoms with van der Waals surface area (Å²) in [6.07, 6.45) is 6.84. The average Bonchev–Trinajstić information content (AvgIpc) is 2.90. The van der Waals surface area contributed by atoms with Gasteiger partial charge >= 0.3 is 6.09 Å². The van der Waals surface area contributed by atoms with E-state index < -0.39 is 17.7 Å². The van der Waals surface area contributed by atoms with Crippen LogP contribution < -0.4 is 10.6 Å². The Hall–Kier alpha value is -2.42. The molecule has 2 unspecified atom stereocenters. The first-order valence-corrected chi connectivity index (χ1v) is 14.0. The van der Waals surface area contributed by atoms with Gasteiger partial charge in [0.15, 0.2) is 0 Å². The summed E-state index contributed by atoms with van der Waals surface area (Å²) >= 11 is 0. The number of nitrogens with zero attached hydrogens (tertiary/aromatic N) is 4. The van der Waals surface area contributed by atoms with Crippen molar-refractivity contribution in [3.05, 3.63) is 0 Å². The fourth-order valence-corrected chi connectivity index (χ4v) is 5.15. The molecule has 0 aromatic heterocycles. The molecule has 2 aliphatic heterocycles. The smallest absolute Gasteiger partial charge is 0.413 e. The van der Waals surface area contributed by atoms with Crippen LogP contribution in [0.1, 0.15) is 65.2 Å². The largest absolute Gasteiger partial charge is 0.450 e. The van der Waals surface area contributed by atoms with Crippen molar-refractivity contribution in [1.29, 1.82) is 5.26 Å². The van der Waals surface area contributed by atoms with Gasteiger partial charge in [-0.25, -0.2) is 9.79 Å². The quantitative estimate of drug-likeness (QED) is 0.391. The fraction of sp³-hybridized carbons (Fsp3) is 0.852. The van der Waals surface area contributed by atoms with E-state index in [-0.39, 0.29) is 18.6 Å². The minimum Gasteiger partial charge on any atom is -0.450 e. The minimum atomic E-state index is -0.883. The van der Waals surface area contributed by atoms with Crippen LogP contribution in [0.5, 0.6) is 0 Å². The fourth-order valence-electron chi connectivity index (χ4n) is 5.15. The molecule has 0 radical (unpaired) electrons. The summed E-state index contributed by atoms with van der Waals surface area (Å²) in [6.45, 7) is 7.09. The molecule has 216 valence electrons. The lowest BCUT2D eigenvalue weighted by Crippen LogP contribution is -2.56. The number of hydrogen-bond donors (Lipinski definition) is 2. The molecule has 3 aliphatic rings. The zero-order valence-electron chi connectivity index (χ0n) is 24.0. The maximum Gasteiger partial charge on any atom is 0.413 e. The van der Waals surface area contributed by atoms with Gasteiger partial charge in [-0.15, -0.1) is 0 Å². The van der Waals surface area contributed by atoms with Gasteiger partial charge in [0.25, 0.3) is 0 Å². The van der Waals surface area contributed by atoms with Crippen LogP contribution in [0.15, 0.2) is 4.99 Å². The maximum atomic E-state index is 13.7. The lowest BCUT2D eigenvalue weighted by atomic mass is 9.84. The van der Waals surface area contributed by atoms with Crippen LogP contribution in [0, 0.1) is 17.2 Å². The molecule has 2 N–H and O–H groups in total. The normalized spacial score (nSPS) is 23.3. The monoisotopic (exact) mass is 536 g/mol. The maximum absolute atomic E-state index is 13.7. The number of carbonyl (C=O) groups excluding carboxylic acids is 2. The molecule has 0 bridgehead atoms. The average molecular weight is 537 g/mol. The second-order valence-corrected chi connectivity index (χ2v) is 10.6. The zero-order valence-corrected chi connectivity index (χ0v) is 24.0. The van der Waals surface area contributed by atoms with E-state index in [1.54, 1.807) is 21.1 Å². The second kappa shape index (κ2) is 16.5. The Morgan fingerprint density at radius 2 is 1.84 bits per heavy atom. The summed E-state index contributed by atoms with van der Waals surface area (Å²) in [5, 5.41) is 15.8. The number of aliphatic imine (C=N–C) groups is 1. The third kappa shape index (κ3) is 10.4. The Bertz CT molecular complexity index is 802. The Kier molecular flexibility index (Phi) is 13.8. The van der Waals surface area contributed by atoms with E-state index in [0.717, 1.165) is 38.8 Å². The Labute approximate surface area is 228 Å². The third-order valence-electron chi connectivity index (χ3n) is 7.31. The van der Waals surface area contributed by atoms with Gasteiger partial charge in [0.05, 0.1) is 25.4 Å². The Morgan fingerprint density at radius 3 is 2.42 bits per heavy atom. The molecule has 11 heteroatoms. The van der Waals surface area contributed by atoms with Crippen LogP contribution in [0.4, 0.5) is 4.79 Å². The summed E-state index contributed by atoms with van der Waals surface area (Å²) in [7, 11) is 5.27. The third-order valence-corrected chi connectivity index (χ3v) is 7.31. The summed E-state index contributed by atoms with van der Waals surface area (Å²) in [5.74, 6) is 0.487. The molecule has 2 atom stereocenters. The van der Waals surface area contributed by atoms with Gasteiger partial charge in [0, 0.05) is 40.4 Å². The number of nitriles is 1. The number of alkyl carbamates (subject to hydrolysis) is 1. The van der Waals surface area contributed by atoms with E-state index in [0.29, 0.717) is 50.8 Å². The molecule has 2 amide bonds. The van der Waals surface area contributed by atoms with Crippen molar-refractivity contribution in [3.63, 3.8) is 0 Å². The highest BCUT2D eigenvalue weighted by atomic mass is 16.5. The molecule has 0 aromatic carbocycles. The van der Waals surface area contributed by atoms with Crippen LogP contribution in [0.2, 0.25) is 0 Å². The predicted octanol–water partition coefficient (Wildman–Crippen LogP) is 2.51. The topological polar surface area (TPSA) is 129 Å². The molecule has 0 spiro atoms. The van der Waals surface area contributed by atoms with Crippen molar-refractivity contribution in [3.8, 4) is 6.07 Å². The van der Waals surface area contributed by atoms with Crippen LogP contribution in [-0.2, 0) is 19.0 Å². The lowest BCUT2D eigenvalue weighted by molar-refractivity contribution is -0.124. The molecule has 1 saturated carbocycles. The Morgan fingerprint density at radius 1 is 1.18 bits per heavy atom. The van der Waals surface area contributed by atoms with Gasteiger partial charge in [0.2, 0.25) is 11.9 Å². The van der Waals surface area contributed by atoms with Gasteiger partial charge in [-0.2, -0.15) is 5.26 Å². The number of guanidine groups is 1. The van der Waals surface area contributed by atoms with E-state index in [4.69, 9.17) is 14.5 Å². The first kappa shape index (κ1) is 31.8. The number of methoxy groups -OCH3 is 1. The molecule has 0 aromatic rings. The molecular formula is C27H48N6O5. The summed E-state index contributed by atoms with van der Waals surface area (Å²) < 4.78 is 15.0. The van der Waals surface area contributed by atoms with E-state index in [2.05, 4.69) is 26.3 Å². The zero-order chi connectivity index (χ0) is 28.0. The van der Waals surface area contributed by atoms with Crippen molar-refractivity contribution in [2.75, 3.05) is 60.7 Å². The number of amides is 2. The Balaban J connectivity index is 0.00000161. The van der Waals surface area contributed by atoms with Crippen LogP contribution in [0.3, 0.4) is 0 Å². The molecule has 3 rings (SSSR count). The number of likely N-dealkylation sites (tertiary alicyclic amines) is 1. The molecule has 2 heterocycles. The van der Waals surface area contributed by atoms with E-state index >= 15 is 0 Å². The lowest BCUT2D eigenvalue weighted by Gasteiger charge is -2.37. The molecule has 11 nitrogen and oxygen atoms in total.